The van der Waals surface area contributed by atoms with Gasteiger partial charge in [-0.2, -0.15) is 0 Å². The van der Waals surface area contributed by atoms with Crippen molar-refractivity contribution in [1.82, 2.24) is 0 Å². The van der Waals surface area contributed by atoms with Gasteiger partial charge in [0.05, 0.1) is 9.85 Å². The second kappa shape index (κ2) is 7.02. The summed E-state index contributed by atoms with van der Waals surface area (Å²) in [7, 11) is 0. The van der Waals surface area contributed by atoms with Gasteiger partial charge < -0.3 is 5.11 Å². The molecule has 0 spiro atoms. The Kier molecular flexibility index (Phi) is 4.62. The SMILES string of the molecule is O=[N+]([O-])c1ccc(C(c2ccc(O)cc2)c2ccc([N+](=O)[O-])cc2)cc1. The zero-order chi connectivity index (χ0) is 18.7. The van der Waals surface area contributed by atoms with E-state index >= 15 is 0 Å². The Morgan fingerprint density at radius 2 is 0.923 bits per heavy atom. The van der Waals surface area contributed by atoms with Gasteiger partial charge in [-0.1, -0.05) is 36.4 Å². The lowest BCUT2D eigenvalue weighted by Gasteiger charge is -2.19. The Labute approximate surface area is 148 Å². The van der Waals surface area contributed by atoms with Crippen LogP contribution >= 0.6 is 0 Å². The fourth-order valence-corrected chi connectivity index (χ4v) is 2.82. The molecule has 3 rings (SSSR count). The highest BCUT2D eigenvalue weighted by molar-refractivity contribution is 5.48. The first-order chi connectivity index (χ1) is 12.5. The number of aromatic hydroxyl groups is 1. The molecule has 0 heterocycles. The molecule has 26 heavy (non-hydrogen) atoms. The Balaban J connectivity index is 2.08. The molecule has 0 aliphatic heterocycles. The van der Waals surface area contributed by atoms with Gasteiger partial charge in [0.15, 0.2) is 0 Å². The van der Waals surface area contributed by atoms with Gasteiger partial charge in [-0.15, -0.1) is 0 Å². The van der Waals surface area contributed by atoms with Gasteiger partial charge in [-0.3, -0.25) is 20.2 Å². The van der Waals surface area contributed by atoms with E-state index in [1.54, 1.807) is 48.5 Å². The number of non-ortho nitro benzene ring substituents is 2. The van der Waals surface area contributed by atoms with Gasteiger partial charge in [-0.25, -0.2) is 0 Å². The van der Waals surface area contributed by atoms with Crippen molar-refractivity contribution in [1.29, 1.82) is 0 Å². The van der Waals surface area contributed by atoms with Crippen LogP contribution in [0, 0.1) is 20.2 Å². The van der Waals surface area contributed by atoms with Gasteiger partial charge in [-0.05, 0) is 28.8 Å². The summed E-state index contributed by atoms with van der Waals surface area (Å²) in [6.07, 6.45) is 0. The van der Waals surface area contributed by atoms with Crippen LogP contribution in [0.15, 0.2) is 72.8 Å². The van der Waals surface area contributed by atoms with E-state index in [2.05, 4.69) is 0 Å². The van der Waals surface area contributed by atoms with Gasteiger partial charge in [0.1, 0.15) is 5.75 Å². The molecule has 130 valence electrons. The number of phenolic OH excluding ortho intramolecular Hbond substituents is 1. The number of benzene rings is 3. The summed E-state index contributed by atoms with van der Waals surface area (Å²) >= 11 is 0. The van der Waals surface area contributed by atoms with E-state index in [1.165, 1.54) is 24.3 Å². The number of nitrogens with zero attached hydrogens (tertiary/aromatic N) is 2. The van der Waals surface area contributed by atoms with E-state index in [0.717, 1.165) is 16.7 Å². The minimum Gasteiger partial charge on any atom is -0.508 e. The number of rotatable bonds is 5. The first-order valence-corrected chi connectivity index (χ1v) is 7.73. The molecule has 0 aromatic heterocycles. The smallest absolute Gasteiger partial charge is 0.269 e. The van der Waals surface area contributed by atoms with Gasteiger partial charge in [0.25, 0.3) is 11.4 Å². The van der Waals surface area contributed by atoms with Crippen molar-refractivity contribution in [2.24, 2.45) is 0 Å². The first-order valence-electron chi connectivity index (χ1n) is 7.73. The molecule has 0 radical (unpaired) electrons. The molecule has 1 N–H and O–H groups in total. The standard InChI is InChI=1S/C19H14N2O5/c22-18-11-5-15(6-12-18)19(13-1-7-16(8-2-13)20(23)24)14-3-9-17(10-4-14)21(25)26/h1-12,19,22H. The minimum atomic E-state index is -0.467. The van der Waals surface area contributed by atoms with Crippen LogP contribution in [0.2, 0.25) is 0 Å². The molecule has 7 heteroatoms. The van der Waals surface area contributed by atoms with Crippen molar-refractivity contribution in [3.05, 3.63) is 110 Å². The number of hydrogen-bond donors (Lipinski definition) is 1. The molecule has 0 saturated heterocycles. The maximum absolute atomic E-state index is 10.9. The van der Waals surface area contributed by atoms with Gasteiger partial charge >= 0.3 is 0 Å². The predicted octanol–water partition coefficient (Wildman–Crippen LogP) is 4.39. The molecule has 0 amide bonds. The van der Waals surface area contributed by atoms with E-state index in [0.29, 0.717) is 0 Å². The maximum atomic E-state index is 10.9. The van der Waals surface area contributed by atoms with Gasteiger partial charge in [0, 0.05) is 30.2 Å². The van der Waals surface area contributed by atoms with Crippen LogP contribution in [0.1, 0.15) is 22.6 Å². The Bertz CT molecular complexity index is 878. The fourth-order valence-electron chi connectivity index (χ4n) is 2.82. The lowest BCUT2D eigenvalue weighted by Crippen LogP contribution is -2.04. The van der Waals surface area contributed by atoms with Crippen molar-refractivity contribution in [2.75, 3.05) is 0 Å². The Morgan fingerprint density at radius 1 is 0.615 bits per heavy atom. The summed E-state index contributed by atoms with van der Waals surface area (Å²) in [4.78, 5) is 20.8. The van der Waals surface area contributed by atoms with Gasteiger partial charge in [0.2, 0.25) is 0 Å². The van der Waals surface area contributed by atoms with E-state index < -0.39 is 9.85 Å². The quantitative estimate of drug-likeness (QED) is 0.417. The third-order valence-electron chi connectivity index (χ3n) is 4.10. The van der Waals surface area contributed by atoms with E-state index in [9.17, 15) is 25.3 Å². The molecule has 0 aliphatic rings. The Morgan fingerprint density at radius 3 is 1.23 bits per heavy atom. The number of nitro benzene ring substituents is 2. The lowest BCUT2D eigenvalue weighted by atomic mass is 9.85. The molecule has 0 atom stereocenters. The lowest BCUT2D eigenvalue weighted by molar-refractivity contribution is -0.385. The molecular formula is C19H14N2O5. The average molecular weight is 350 g/mol. The van der Waals surface area contributed by atoms with Crippen LogP contribution in [0.3, 0.4) is 0 Å². The summed E-state index contributed by atoms with van der Waals surface area (Å²) in [6.45, 7) is 0. The average Bonchev–Trinajstić information content (AvgIpc) is 2.64. The molecule has 3 aromatic carbocycles. The largest absolute Gasteiger partial charge is 0.508 e. The molecule has 0 bridgehead atoms. The van der Waals surface area contributed by atoms with Crippen molar-refractivity contribution in [2.45, 2.75) is 5.92 Å². The highest BCUT2D eigenvalue weighted by Gasteiger charge is 2.19. The maximum Gasteiger partial charge on any atom is 0.269 e. The summed E-state index contributed by atoms with van der Waals surface area (Å²) < 4.78 is 0. The number of hydrogen-bond acceptors (Lipinski definition) is 5. The van der Waals surface area contributed by atoms with Crippen molar-refractivity contribution >= 4 is 11.4 Å². The second-order valence-corrected chi connectivity index (χ2v) is 5.72. The van der Waals surface area contributed by atoms with Crippen LogP contribution in [0.5, 0.6) is 5.75 Å². The molecular weight excluding hydrogens is 336 g/mol. The van der Waals surface area contributed by atoms with Crippen molar-refractivity contribution in [3.8, 4) is 5.75 Å². The van der Waals surface area contributed by atoms with Crippen LogP contribution < -0.4 is 0 Å². The van der Waals surface area contributed by atoms with Crippen LogP contribution in [0.4, 0.5) is 11.4 Å². The summed E-state index contributed by atoms with van der Waals surface area (Å²) in [6, 6.07) is 19.0. The fraction of sp³-hybridized carbons (Fsp3) is 0.0526. The van der Waals surface area contributed by atoms with E-state index in [4.69, 9.17) is 0 Å². The summed E-state index contributed by atoms with van der Waals surface area (Å²) in [5, 5.41) is 31.3. The van der Waals surface area contributed by atoms with Crippen LogP contribution in [0.25, 0.3) is 0 Å². The Hall–Kier alpha value is -3.74. The first kappa shape index (κ1) is 17.1. The monoisotopic (exact) mass is 350 g/mol. The third-order valence-corrected chi connectivity index (χ3v) is 4.10. The van der Waals surface area contributed by atoms with E-state index in [-0.39, 0.29) is 23.0 Å². The summed E-state index contributed by atoms with van der Waals surface area (Å²) in [5.74, 6) is -0.155. The molecule has 0 aliphatic carbocycles. The normalized spacial score (nSPS) is 10.7. The van der Waals surface area contributed by atoms with Crippen molar-refractivity contribution < 1.29 is 15.0 Å². The second-order valence-electron chi connectivity index (χ2n) is 5.72. The summed E-state index contributed by atoms with van der Waals surface area (Å²) in [5.41, 5.74) is 2.43. The molecule has 0 unspecified atom stereocenters. The number of phenols is 1. The predicted molar refractivity (Wildman–Crippen MR) is 95.2 cm³/mol. The molecule has 0 fully saturated rings. The van der Waals surface area contributed by atoms with Crippen molar-refractivity contribution in [3.63, 3.8) is 0 Å². The molecule has 3 aromatic rings. The minimum absolute atomic E-state index is 0.0121. The highest BCUT2D eigenvalue weighted by atomic mass is 16.6. The number of nitro groups is 2. The zero-order valence-corrected chi connectivity index (χ0v) is 13.5. The van der Waals surface area contributed by atoms with Crippen LogP contribution in [-0.2, 0) is 0 Å². The third kappa shape index (κ3) is 3.51. The topological polar surface area (TPSA) is 107 Å². The highest BCUT2D eigenvalue weighted by Crippen LogP contribution is 2.34. The van der Waals surface area contributed by atoms with Crippen LogP contribution in [-0.4, -0.2) is 15.0 Å². The molecule has 7 nitrogen and oxygen atoms in total. The van der Waals surface area contributed by atoms with E-state index in [1.807, 2.05) is 0 Å². The molecule has 0 saturated carbocycles. The zero-order valence-electron chi connectivity index (χ0n) is 13.5.